The molecule has 2 N–H and O–H groups in total. The quantitative estimate of drug-likeness (QED) is 0.726. The van der Waals surface area contributed by atoms with Gasteiger partial charge in [-0.05, 0) is 17.7 Å². The number of rotatable bonds is 2. The molecule has 0 bridgehead atoms. The number of aliphatic hydroxyl groups is 1. The van der Waals surface area contributed by atoms with Gasteiger partial charge in [0.1, 0.15) is 12.3 Å². The zero-order valence-corrected chi connectivity index (χ0v) is 14.8. The first-order valence-electron chi connectivity index (χ1n) is 8.40. The monoisotopic (exact) mass is 368 g/mol. The number of benzene rings is 2. The number of aliphatic hydroxyl groups excluding tert-OH is 1. The van der Waals surface area contributed by atoms with Crippen LogP contribution in [0, 0.1) is 0 Å². The van der Waals surface area contributed by atoms with Crippen molar-refractivity contribution in [3.05, 3.63) is 59.2 Å². The van der Waals surface area contributed by atoms with Gasteiger partial charge < -0.3 is 20.1 Å². The molecule has 3 aromatic rings. The molecular formula is C19H17ClN4O2. The van der Waals surface area contributed by atoms with Crippen LogP contribution in [0.1, 0.15) is 11.6 Å². The fourth-order valence-corrected chi connectivity index (χ4v) is 4.09. The molecule has 2 atom stereocenters. The van der Waals surface area contributed by atoms with Crippen molar-refractivity contribution in [3.63, 3.8) is 0 Å². The maximum absolute atomic E-state index is 10.6. The Bertz CT molecular complexity index is 969. The van der Waals surface area contributed by atoms with Crippen LogP contribution in [0.15, 0.2) is 48.7 Å². The van der Waals surface area contributed by atoms with Gasteiger partial charge in [0.15, 0.2) is 5.75 Å². The summed E-state index contributed by atoms with van der Waals surface area (Å²) in [5, 5.41) is 18.6. The summed E-state index contributed by atoms with van der Waals surface area (Å²) < 4.78 is 7.93. The molecule has 7 heteroatoms. The van der Waals surface area contributed by atoms with Crippen molar-refractivity contribution in [2.24, 2.45) is 7.05 Å². The Hall–Kier alpha value is -2.70. The predicted octanol–water partition coefficient (Wildman–Crippen LogP) is 3.38. The molecule has 6 nitrogen and oxygen atoms in total. The van der Waals surface area contributed by atoms with E-state index in [9.17, 15) is 5.11 Å². The van der Waals surface area contributed by atoms with Crippen molar-refractivity contribution in [1.29, 1.82) is 0 Å². The van der Waals surface area contributed by atoms with Crippen LogP contribution in [-0.4, -0.2) is 27.8 Å². The van der Waals surface area contributed by atoms with Gasteiger partial charge in [-0.2, -0.15) is 5.10 Å². The number of halogens is 1. The summed E-state index contributed by atoms with van der Waals surface area (Å²) in [5.41, 5.74) is 4.45. The standard InChI is InChI=1S/C19H17ClN4O2/c1-23-16(13(20)9-21-23)12-7-8-14-17-18(12)26-10-15(24(17)19(25)22-14)11-5-3-2-4-6-11/h2-9,15,19,22,25H,10H2,1H3. The third-order valence-electron chi connectivity index (χ3n) is 4.99. The minimum atomic E-state index is -0.810. The number of nitrogens with zero attached hydrogens (tertiary/aromatic N) is 3. The van der Waals surface area contributed by atoms with Gasteiger partial charge in [-0.15, -0.1) is 0 Å². The maximum Gasteiger partial charge on any atom is 0.206 e. The van der Waals surface area contributed by atoms with Crippen molar-refractivity contribution in [2.75, 3.05) is 16.8 Å². The van der Waals surface area contributed by atoms with E-state index in [2.05, 4.69) is 10.4 Å². The molecule has 0 aliphatic carbocycles. The second-order valence-corrected chi connectivity index (χ2v) is 6.87. The third-order valence-corrected chi connectivity index (χ3v) is 5.27. The van der Waals surface area contributed by atoms with Gasteiger partial charge >= 0.3 is 0 Å². The molecule has 0 amide bonds. The summed E-state index contributed by atoms with van der Waals surface area (Å²) in [5.74, 6) is 0.712. The van der Waals surface area contributed by atoms with E-state index in [-0.39, 0.29) is 6.04 Å². The largest absolute Gasteiger partial charge is 0.488 e. The van der Waals surface area contributed by atoms with E-state index in [4.69, 9.17) is 16.3 Å². The molecule has 2 aliphatic rings. The van der Waals surface area contributed by atoms with Gasteiger partial charge in [0.05, 0.1) is 28.6 Å². The summed E-state index contributed by atoms with van der Waals surface area (Å²) >= 11 is 6.35. The van der Waals surface area contributed by atoms with Gasteiger partial charge in [-0.25, -0.2) is 0 Å². The second-order valence-electron chi connectivity index (χ2n) is 6.47. The fourth-order valence-electron chi connectivity index (χ4n) is 3.82. The Kier molecular flexibility index (Phi) is 3.38. The molecule has 0 fully saturated rings. The molecule has 132 valence electrons. The molecule has 5 rings (SSSR count). The SMILES string of the molecule is Cn1ncc(Cl)c1-c1ccc2c3c1OCC(c1ccccc1)N3C(O)N2. The van der Waals surface area contributed by atoms with Crippen LogP contribution in [0.4, 0.5) is 11.4 Å². The Morgan fingerprint density at radius 1 is 1.23 bits per heavy atom. The Morgan fingerprint density at radius 2 is 2.04 bits per heavy atom. The fraction of sp³-hybridized carbons (Fsp3) is 0.211. The van der Waals surface area contributed by atoms with E-state index < -0.39 is 6.35 Å². The van der Waals surface area contributed by atoms with Crippen LogP contribution in [0.2, 0.25) is 5.02 Å². The van der Waals surface area contributed by atoms with E-state index in [1.807, 2.05) is 54.4 Å². The van der Waals surface area contributed by atoms with Gasteiger partial charge in [-0.1, -0.05) is 41.9 Å². The molecule has 3 heterocycles. The van der Waals surface area contributed by atoms with Crippen LogP contribution in [-0.2, 0) is 7.05 Å². The minimum absolute atomic E-state index is 0.0790. The lowest BCUT2D eigenvalue weighted by Gasteiger charge is -2.37. The number of hydrogen-bond acceptors (Lipinski definition) is 5. The normalized spacial score (nSPS) is 20.5. The van der Waals surface area contributed by atoms with Gasteiger partial charge in [-0.3, -0.25) is 4.68 Å². The Labute approximate surface area is 155 Å². The number of aromatic nitrogens is 2. The number of hydrogen-bond donors (Lipinski definition) is 2. The smallest absolute Gasteiger partial charge is 0.206 e. The van der Waals surface area contributed by atoms with Crippen LogP contribution in [0.5, 0.6) is 5.75 Å². The molecule has 26 heavy (non-hydrogen) atoms. The maximum atomic E-state index is 10.6. The van der Waals surface area contributed by atoms with Gasteiger partial charge in [0.2, 0.25) is 6.35 Å². The summed E-state index contributed by atoms with van der Waals surface area (Å²) in [6.07, 6.45) is 0.812. The summed E-state index contributed by atoms with van der Waals surface area (Å²) in [4.78, 5) is 1.97. The van der Waals surface area contributed by atoms with Crippen LogP contribution < -0.4 is 15.0 Å². The minimum Gasteiger partial charge on any atom is -0.488 e. The molecule has 0 saturated heterocycles. The highest BCUT2D eigenvalue weighted by Crippen LogP contribution is 2.53. The second kappa shape index (κ2) is 5.65. The van der Waals surface area contributed by atoms with Crippen LogP contribution in [0.25, 0.3) is 11.3 Å². The molecule has 0 spiro atoms. The lowest BCUT2D eigenvalue weighted by Crippen LogP contribution is -2.43. The number of ether oxygens (including phenoxy) is 1. The highest BCUT2D eigenvalue weighted by molar-refractivity contribution is 6.33. The van der Waals surface area contributed by atoms with Crippen molar-refractivity contribution < 1.29 is 9.84 Å². The average molecular weight is 369 g/mol. The molecule has 2 aromatic carbocycles. The predicted molar refractivity (Wildman–Crippen MR) is 100 cm³/mol. The van der Waals surface area contributed by atoms with Crippen molar-refractivity contribution in [3.8, 4) is 17.0 Å². The molecular weight excluding hydrogens is 352 g/mol. The first-order valence-corrected chi connectivity index (χ1v) is 8.78. The zero-order valence-electron chi connectivity index (χ0n) is 14.1. The molecule has 2 unspecified atom stereocenters. The van der Waals surface area contributed by atoms with E-state index in [0.717, 1.165) is 28.2 Å². The van der Waals surface area contributed by atoms with Gasteiger partial charge in [0, 0.05) is 12.6 Å². The molecule has 0 radical (unpaired) electrons. The first-order chi connectivity index (χ1) is 12.6. The average Bonchev–Trinajstić information content (AvgIpc) is 3.17. The zero-order chi connectivity index (χ0) is 17.8. The number of anilines is 2. The summed E-state index contributed by atoms with van der Waals surface area (Å²) in [6, 6.07) is 13.9. The highest BCUT2D eigenvalue weighted by atomic mass is 35.5. The topological polar surface area (TPSA) is 62.5 Å². The van der Waals surface area contributed by atoms with Gasteiger partial charge in [0.25, 0.3) is 0 Å². The van der Waals surface area contributed by atoms with Crippen LogP contribution >= 0.6 is 11.6 Å². The lowest BCUT2D eigenvalue weighted by atomic mass is 10.0. The van der Waals surface area contributed by atoms with Crippen molar-refractivity contribution >= 4 is 23.0 Å². The van der Waals surface area contributed by atoms with E-state index >= 15 is 0 Å². The highest BCUT2D eigenvalue weighted by Gasteiger charge is 2.41. The van der Waals surface area contributed by atoms with E-state index in [0.29, 0.717) is 17.4 Å². The lowest BCUT2D eigenvalue weighted by molar-refractivity contribution is 0.164. The number of aryl methyl sites for hydroxylation is 1. The van der Waals surface area contributed by atoms with Crippen molar-refractivity contribution in [1.82, 2.24) is 9.78 Å². The molecule has 2 aliphatic heterocycles. The third kappa shape index (κ3) is 2.12. The number of nitrogens with one attached hydrogen (secondary N) is 1. The molecule has 1 aromatic heterocycles. The summed E-state index contributed by atoms with van der Waals surface area (Å²) in [7, 11) is 1.85. The van der Waals surface area contributed by atoms with E-state index in [1.165, 1.54) is 0 Å². The molecule has 0 saturated carbocycles. The van der Waals surface area contributed by atoms with E-state index in [1.54, 1.807) is 10.9 Å². The Balaban J connectivity index is 1.68. The Morgan fingerprint density at radius 3 is 2.77 bits per heavy atom. The van der Waals surface area contributed by atoms with Crippen molar-refractivity contribution in [2.45, 2.75) is 12.4 Å². The van der Waals surface area contributed by atoms with Crippen LogP contribution in [0.3, 0.4) is 0 Å². The summed E-state index contributed by atoms with van der Waals surface area (Å²) in [6.45, 7) is 0.432. The first kappa shape index (κ1) is 15.5.